The fraction of sp³-hybridized carbons (Fsp3) is 0.625. The maximum Gasteiger partial charge on any atom is 1.00 e. The zero-order chi connectivity index (χ0) is 11.6. The van der Waals surface area contributed by atoms with Gasteiger partial charge in [0.1, 0.15) is 5.75 Å². The van der Waals surface area contributed by atoms with Crippen molar-refractivity contribution < 1.29 is 47.3 Å². The van der Waals surface area contributed by atoms with Gasteiger partial charge >= 0.3 is 29.6 Å². The van der Waals surface area contributed by atoms with E-state index in [4.69, 9.17) is 4.55 Å². The van der Waals surface area contributed by atoms with Crippen molar-refractivity contribution in [1.29, 1.82) is 0 Å². The molecule has 0 aliphatic carbocycles. The first kappa shape index (κ1) is 17.5. The van der Waals surface area contributed by atoms with Gasteiger partial charge in [-0.3, -0.25) is 4.55 Å². The summed E-state index contributed by atoms with van der Waals surface area (Å²) in [5.74, 6) is -1.47. The first-order valence-corrected chi connectivity index (χ1v) is 5.52. The van der Waals surface area contributed by atoms with E-state index in [9.17, 15) is 13.2 Å². The van der Waals surface area contributed by atoms with Crippen LogP contribution in [0.2, 0.25) is 0 Å². The van der Waals surface area contributed by atoms with Crippen LogP contribution in [-0.2, 0) is 14.9 Å². The quantitative estimate of drug-likeness (QED) is 0.357. The summed E-state index contributed by atoms with van der Waals surface area (Å²) in [5, 5.41) is 3.68. The smallest absolute Gasteiger partial charge is 0.645 e. The number of carbonyl (C=O) groups excluding carboxylic acids is 1. The van der Waals surface area contributed by atoms with Crippen molar-refractivity contribution in [3.8, 4) is 0 Å². The summed E-state index contributed by atoms with van der Waals surface area (Å²) in [7, 11) is -4.20. The fourth-order valence-electron chi connectivity index (χ4n) is 0.666. The first-order valence-electron chi connectivity index (χ1n) is 3.91. The van der Waals surface area contributed by atoms with E-state index < -0.39 is 27.3 Å². The van der Waals surface area contributed by atoms with E-state index in [0.717, 1.165) is 0 Å². The molecule has 15 heavy (non-hydrogen) atoms. The van der Waals surface area contributed by atoms with E-state index in [1.807, 2.05) is 0 Å². The average molecular weight is 243 g/mol. The van der Waals surface area contributed by atoms with Crippen LogP contribution < -0.4 is 29.6 Å². The van der Waals surface area contributed by atoms with Gasteiger partial charge in [-0.15, -0.1) is 5.54 Å². The normalized spacial score (nSPS) is 11.5. The summed E-state index contributed by atoms with van der Waals surface area (Å²) >= 11 is 0. The number of nitrogens with zero attached hydrogens (tertiary/aromatic N) is 1. The maximum atomic E-state index is 11.2. The van der Waals surface area contributed by atoms with Crippen molar-refractivity contribution in [2.45, 2.75) is 26.3 Å². The second-order valence-corrected chi connectivity index (χ2v) is 5.37. The summed E-state index contributed by atoms with van der Waals surface area (Å²) in [6.07, 6.45) is 0. The summed E-state index contributed by atoms with van der Waals surface area (Å²) in [4.78, 5) is 11.2. The Balaban J connectivity index is 0. The third kappa shape index (κ3) is 10.4. The molecule has 0 aromatic carbocycles. The SMILES string of the molecule is C=C(CS(=O)(=O)O)C(=O)[N-]C(C)(C)C.[Na+]. The van der Waals surface area contributed by atoms with Crippen LogP contribution >= 0.6 is 0 Å². The molecule has 0 aromatic rings. The Kier molecular flexibility index (Phi) is 7.01. The molecule has 0 bridgehead atoms. The van der Waals surface area contributed by atoms with Gasteiger partial charge in [-0.05, 0) is 5.57 Å². The van der Waals surface area contributed by atoms with Gasteiger partial charge in [-0.1, -0.05) is 27.4 Å². The van der Waals surface area contributed by atoms with Crippen molar-refractivity contribution in [3.05, 3.63) is 17.5 Å². The number of amides is 1. The van der Waals surface area contributed by atoms with Crippen LogP contribution in [0.3, 0.4) is 0 Å². The molecule has 0 rings (SSSR count). The first-order chi connectivity index (χ1) is 6.01. The van der Waals surface area contributed by atoms with Crippen molar-refractivity contribution in [2.75, 3.05) is 5.75 Å². The fourth-order valence-corrected chi connectivity index (χ4v) is 1.23. The largest absolute Gasteiger partial charge is 1.00 e. The predicted octanol–water partition coefficient (Wildman–Crippen LogP) is -1.87. The van der Waals surface area contributed by atoms with Crippen LogP contribution in [0, 0.1) is 0 Å². The second-order valence-electron chi connectivity index (χ2n) is 3.92. The maximum absolute atomic E-state index is 11.2. The minimum atomic E-state index is -4.20. The van der Waals surface area contributed by atoms with Crippen molar-refractivity contribution >= 4 is 16.0 Å². The molecule has 1 amide bonds. The van der Waals surface area contributed by atoms with Crippen molar-refractivity contribution in [1.82, 2.24) is 0 Å². The van der Waals surface area contributed by atoms with Gasteiger partial charge in [0.15, 0.2) is 0 Å². The third-order valence-corrected chi connectivity index (χ3v) is 1.81. The molecule has 0 spiro atoms. The van der Waals surface area contributed by atoms with E-state index in [1.165, 1.54) is 0 Å². The molecule has 82 valence electrons. The molecule has 0 aliphatic heterocycles. The molecule has 0 aliphatic rings. The third-order valence-electron chi connectivity index (χ3n) is 1.10. The second kappa shape index (κ2) is 6.00. The zero-order valence-electron chi connectivity index (χ0n) is 9.44. The Morgan fingerprint density at radius 1 is 1.40 bits per heavy atom. The minimum Gasteiger partial charge on any atom is -0.645 e. The van der Waals surface area contributed by atoms with E-state index >= 15 is 0 Å². The van der Waals surface area contributed by atoms with E-state index in [-0.39, 0.29) is 35.1 Å². The number of hydrogen-bond donors (Lipinski definition) is 1. The van der Waals surface area contributed by atoms with Crippen LogP contribution in [-0.4, -0.2) is 30.2 Å². The molecule has 1 N–H and O–H groups in total. The molecule has 0 unspecified atom stereocenters. The van der Waals surface area contributed by atoms with Gasteiger partial charge in [0.2, 0.25) is 0 Å². The predicted molar refractivity (Wildman–Crippen MR) is 53.7 cm³/mol. The van der Waals surface area contributed by atoms with Gasteiger partial charge in [-0.25, -0.2) is 0 Å². The van der Waals surface area contributed by atoms with Crippen LogP contribution in [0.25, 0.3) is 5.32 Å². The van der Waals surface area contributed by atoms with E-state index in [0.29, 0.717) is 0 Å². The number of hydrogen-bond acceptors (Lipinski definition) is 3. The Bertz CT molecular complexity index is 342. The molecule has 5 nitrogen and oxygen atoms in total. The van der Waals surface area contributed by atoms with Gasteiger partial charge in [0.25, 0.3) is 10.1 Å². The van der Waals surface area contributed by atoms with E-state index in [1.54, 1.807) is 20.8 Å². The van der Waals surface area contributed by atoms with Crippen LogP contribution in [0.15, 0.2) is 12.2 Å². The summed E-state index contributed by atoms with van der Waals surface area (Å²) < 4.78 is 29.3. The number of rotatable bonds is 3. The standard InChI is InChI=1S/C8H15NO4S.Na/c1-6(5-14(11,12)13)7(10)9-8(2,3)4;/h1,5H2,2-4H3,(H2,9,10,11,12,13);/q;+1/p-1. The van der Waals surface area contributed by atoms with Gasteiger partial charge in [0.05, 0.1) is 5.91 Å². The Morgan fingerprint density at radius 3 is 2.07 bits per heavy atom. The molecule has 0 aromatic heterocycles. The molecule has 7 heteroatoms. The van der Waals surface area contributed by atoms with Crippen molar-refractivity contribution in [2.24, 2.45) is 0 Å². The Labute approximate surface area is 112 Å². The monoisotopic (exact) mass is 243 g/mol. The minimum absolute atomic E-state index is 0. The number of carbonyl (C=O) groups is 1. The molecular weight excluding hydrogens is 229 g/mol. The summed E-state index contributed by atoms with van der Waals surface area (Å²) in [6.45, 7) is 8.34. The van der Waals surface area contributed by atoms with Crippen molar-refractivity contribution in [3.63, 3.8) is 0 Å². The molecule has 0 atom stereocenters. The molecule has 0 radical (unpaired) electrons. The summed E-state index contributed by atoms with van der Waals surface area (Å²) in [5.41, 5.74) is -0.818. The van der Waals surface area contributed by atoms with Crippen LogP contribution in [0.4, 0.5) is 0 Å². The van der Waals surface area contributed by atoms with Crippen LogP contribution in [0.1, 0.15) is 20.8 Å². The Hall–Kier alpha value is 0.120. The molecule has 0 heterocycles. The molecule has 0 saturated heterocycles. The van der Waals surface area contributed by atoms with Gasteiger partial charge in [-0.2, -0.15) is 8.42 Å². The van der Waals surface area contributed by atoms with E-state index in [2.05, 4.69) is 11.9 Å². The topological polar surface area (TPSA) is 85.5 Å². The van der Waals surface area contributed by atoms with Gasteiger partial charge < -0.3 is 10.1 Å². The Morgan fingerprint density at radius 2 is 1.80 bits per heavy atom. The zero-order valence-corrected chi connectivity index (χ0v) is 12.3. The van der Waals surface area contributed by atoms with Crippen LogP contribution in [0.5, 0.6) is 0 Å². The molecule has 0 fully saturated rings. The van der Waals surface area contributed by atoms with Gasteiger partial charge in [0, 0.05) is 0 Å². The summed E-state index contributed by atoms with van der Waals surface area (Å²) in [6, 6.07) is 0. The average Bonchev–Trinajstić information content (AvgIpc) is 1.78. The molecular formula is C8H14NNaO4S. The molecule has 0 saturated carbocycles.